The summed E-state index contributed by atoms with van der Waals surface area (Å²) in [6, 6.07) is 2.05. The molecule has 14 heavy (non-hydrogen) atoms. The predicted octanol–water partition coefficient (Wildman–Crippen LogP) is 2.30. The van der Waals surface area contributed by atoms with E-state index in [0.29, 0.717) is 0 Å². The highest BCUT2D eigenvalue weighted by Crippen LogP contribution is 2.22. The van der Waals surface area contributed by atoms with Crippen LogP contribution in [0, 0.1) is 5.92 Å². The molecule has 1 aromatic heterocycles. The third-order valence-corrected chi connectivity index (χ3v) is 2.78. The molecule has 3 heteroatoms. The van der Waals surface area contributed by atoms with Crippen LogP contribution in [0.5, 0.6) is 0 Å². The van der Waals surface area contributed by atoms with Gasteiger partial charge in [-0.05, 0) is 24.0 Å². The predicted molar refractivity (Wildman–Crippen MR) is 57.6 cm³/mol. The molecule has 3 nitrogen and oxygen atoms in total. The highest BCUT2D eigenvalue weighted by Gasteiger charge is 2.11. The molecule has 2 N–H and O–H groups in total. The molecule has 0 fully saturated rings. The number of aromatic nitrogens is 2. The van der Waals surface area contributed by atoms with Gasteiger partial charge in [0.25, 0.3) is 0 Å². The van der Waals surface area contributed by atoms with Gasteiger partial charge >= 0.3 is 0 Å². The summed E-state index contributed by atoms with van der Waals surface area (Å²) >= 11 is 0. The Bertz CT molecular complexity index is 244. The first-order valence-corrected chi connectivity index (χ1v) is 5.30. The third kappa shape index (κ3) is 3.07. The summed E-state index contributed by atoms with van der Waals surface area (Å²) in [5.41, 5.74) is 7.17. The van der Waals surface area contributed by atoms with E-state index in [-0.39, 0.29) is 6.04 Å². The molecule has 1 unspecified atom stereocenters. The zero-order chi connectivity index (χ0) is 10.4. The van der Waals surface area contributed by atoms with Gasteiger partial charge in [0.2, 0.25) is 0 Å². The molecule has 0 aliphatic rings. The van der Waals surface area contributed by atoms with Crippen molar-refractivity contribution in [2.45, 2.75) is 39.2 Å². The van der Waals surface area contributed by atoms with Crippen LogP contribution >= 0.6 is 0 Å². The van der Waals surface area contributed by atoms with Crippen LogP contribution in [0.15, 0.2) is 18.5 Å². The average molecular weight is 193 g/mol. The number of nitrogens with two attached hydrogens (primary N) is 1. The van der Waals surface area contributed by atoms with Crippen molar-refractivity contribution in [2.24, 2.45) is 11.7 Å². The average Bonchev–Trinajstić information content (AvgIpc) is 2.26. The lowest BCUT2D eigenvalue weighted by Crippen LogP contribution is -2.15. The van der Waals surface area contributed by atoms with Crippen molar-refractivity contribution in [1.29, 1.82) is 0 Å². The Labute approximate surface area is 85.7 Å². The zero-order valence-corrected chi connectivity index (χ0v) is 8.98. The lowest BCUT2D eigenvalue weighted by Gasteiger charge is -2.17. The summed E-state index contributed by atoms with van der Waals surface area (Å²) in [5, 5.41) is 7.58. The first-order chi connectivity index (χ1) is 6.77. The molecule has 1 atom stereocenters. The Morgan fingerprint density at radius 3 is 2.50 bits per heavy atom. The van der Waals surface area contributed by atoms with E-state index >= 15 is 0 Å². The lowest BCUT2D eigenvalue weighted by atomic mass is 9.92. The smallest absolute Gasteiger partial charge is 0.0543 e. The minimum atomic E-state index is 0.107. The van der Waals surface area contributed by atoms with Gasteiger partial charge < -0.3 is 5.73 Å². The minimum Gasteiger partial charge on any atom is -0.324 e. The van der Waals surface area contributed by atoms with Crippen molar-refractivity contribution in [3.63, 3.8) is 0 Å². The van der Waals surface area contributed by atoms with Crippen LogP contribution in [0.1, 0.15) is 44.7 Å². The van der Waals surface area contributed by atoms with E-state index < -0.39 is 0 Å². The third-order valence-electron chi connectivity index (χ3n) is 2.78. The normalized spacial score (nSPS) is 13.1. The van der Waals surface area contributed by atoms with Crippen LogP contribution in [0.25, 0.3) is 0 Å². The molecule has 1 heterocycles. The van der Waals surface area contributed by atoms with Gasteiger partial charge in [0, 0.05) is 12.2 Å². The first-order valence-electron chi connectivity index (χ1n) is 5.30. The second-order valence-electron chi connectivity index (χ2n) is 3.70. The largest absolute Gasteiger partial charge is 0.324 e. The van der Waals surface area contributed by atoms with E-state index in [1.807, 2.05) is 6.07 Å². The molecule has 1 aromatic rings. The van der Waals surface area contributed by atoms with Crippen molar-refractivity contribution in [2.75, 3.05) is 0 Å². The van der Waals surface area contributed by atoms with Gasteiger partial charge in [0.05, 0.1) is 6.20 Å². The van der Waals surface area contributed by atoms with E-state index in [9.17, 15) is 0 Å². The lowest BCUT2D eigenvalue weighted by molar-refractivity contribution is 0.414. The van der Waals surface area contributed by atoms with Crippen molar-refractivity contribution < 1.29 is 0 Å². The Balaban J connectivity index is 2.54. The quantitative estimate of drug-likeness (QED) is 0.780. The monoisotopic (exact) mass is 193 g/mol. The SMILES string of the molecule is CCC(CC)CC(N)c1ccnnc1. The molecule has 0 radical (unpaired) electrons. The molecular weight excluding hydrogens is 174 g/mol. The molecule has 0 amide bonds. The van der Waals surface area contributed by atoms with Crippen LogP contribution in [0.2, 0.25) is 0 Å². The summed E-state index contributed by atoms with van der Waals surface area (Å²) in [6.45, 7) is 4.43. The van der Waals surface area contributed by atoms with E-state index in [0.717, 1.165) is 17.9 Å². The van der Waals surface area contributed by atoms with Crippen LogP contribution in [-0.4, -0.2) is 10.2 Å². The summed E-state index contributed by atoms with van der Waals surface area (Å²) < 4.78 is 0. The van der Waals surface area contributed by atoms with Crippen LogP contribution in [0.4, 0.5) is 0 Å². The molecule has 0 saturated heterocycles. The number of hydrogen-bond donors (Lipinski definition) is 1. The molecule has 0 aliphatic carbocycles. The summed E-state index contributed by atoms with van der Waals surface area (Å²) in [6.07, 6.45) is 6.89. The van der Waals surface area contributed by atoms with Crippen molar-refractivity contribution >= 4 is 0 Å². The molecule has 0 aromatic carbocycles. The summed E-state index contributed by atoms with van der Waals surface area (Å²) in [5.74, 6) is 0.721. The molecule has 78 valence electrons. The van der Waals surface area contributed by atoms with Gasteiger partial charge in [0.1, 0.15) is 0 Å². The van der Waals surface area contributed by atoms with Gasteiger partial charge in [-0.3, -0.25) is 0 Å². The Morgan fingerprint density at radius 2 is 2.00 bits per heavy atom. The maximum Gasteiger partial charge on any atom is 0.0543 e. The second kappa shape index (κ2) is 5.70. The molecule has 0 saturated carbocycles. The molecular formula is C11H19N3. The van der Waals surface area contributed by atoms with Crippen molar-refractivity contribution in [3.8, 4) is 0 Å². The Kier molecular flexibility index (Phi) is 4.53. The van der Waals surface area contributed by atoms with Gasteiger partial charge in [-0.15, -0.1) is 0 Å². The number of hydrogen-bond acceptors (Lipinski definition) is 3. The topological polar surface area (TPSA) is 51.8 Å². The van der Waals surface area contributed by atoms with E-state index in [1.54, 1.807) is 12.4 Å². The highest BCUT2D eigenvalue weighted by molar-refractivity contribution is 5.10. The fraction of sp³-hybridized carbons (Fsp3) is 0.636. The molecule has 0 spiro atoms. The first kappa shape index (κ1) is 11.1. The van der Waals surface area contributed by atoms with Gasteiger partial charge in [-0.1, -0.05) is 26.7 Å². The van der Waals surface area contributed by atoms with Crippen LogP contribution in [-0.2, 0) is 0 Å². The second-order valence-corrected chi connectivity index (χ2v) is 3.70. The number of rotatable bonds is 5. The van der Waals surface area contributed by atoms with E-state index in [1.165, 1.54) is 12.8 Å². The number of nitrogens with zero attached hydrogens (tertiary/aromatic N) is 2. The van der Waals surface area contributed by atoms with Gasteiger partial charge in [-0.25, -0.2) is 0 Å². The van der Waals surface area contributed by atoms with E-state index in [2.05, 4.69) is 24.0 Å². The van der Waals surface area contributed by atoms with Crippen LogP contribution in [0.3, 0.4) is 0 Å². The highest BCUT2D eigenvalue weighted by atomic mass is 15.1. The van der Waals surface area contributed by atoms with Crippen molar-refractivity contribution in [1.82, 2.24) is 10.2 Å². The Hall–Kier alpha value is -0.960. The maximum atomic E-state index is 6.08. The van der Waals surface area contributed by atoms with Crippen molar-refractivity contribution in [3.05, 3.63) is 24.0 Å². The molecule has 1 rings (SSSR count). The summed E-state index contributed by atoms with van der Waals surface area (Å²) in [7, 11) is 0. The van der Waals surface area contributed by atoms with E-state index in [4.69, 9.17) is 5.73 Å². The van der Waals surface area contributed by atoms with Crippen LogP contribution < -0.4 is 5.73 Å². The fourth-order valence-electron chi connectivity index (χ4n) is 1.64. The maximum absolute atomic E-state index is 6.08. The molecule has 0 bridgehead atoms. The zero-order valence-electron chi connectivity index (χ0n) is 8.98. The molecule has 0 aliphatic heterocycles. The van der Waals surface area contributed by atoms with Gasteiger partial charge in [-0.2, -0.15) is 10.2 Å². The fourth-order valence-corrected chi connectivity index (χ4v) is 1.64. The standard InChI is InChI=1S/C11H19N3/c1-3-9(4-2)7-11(12)10-5-6-13-14-8-10/h5-6,8-9,11H,3-4,7,12H2,1-2H3. The van der Waals surface area contributed by atoms with Gasteiger partial charge in [0.15, 0.2) is 0 Å². The minimum absolute atomic E-state index is 0.107. The Morgan fingerprint density at radius 1 is 1.29 bits per heavy atom. The summed E-state index contributed by atoms with van der Waals surface area (Å²) in [4.78, 5) is 0.